The van der Waals surface area contributed by atoms with Crippen molar-refractivity contribution in [3.63, 3.8) is 0 Å². The molecule has 0 radical (unpaired) electrons. The molecule has 6 heteroatoms. The van der Waals surface area contributed by atoms with E-state index in [1.54, 1.807) is 0 Å². The van der Waals surface area contributed by atoms with Crippen LogP contribution in [0.5, 0.6) is 0 Å². The topological polar surface area (TPSA) is 86.9 Å². The molecule has 6 nitrogen and oxygen atoms in total. The van der Waals surface area contributed by atoms with Gasteiger partial charge in [0, 0.05) is 6.42 Å². The zero-order valence-electron chi connectivity index (χ0n) is 15.5. The van der Waals surface area contributed by atoms with Crippen molar-refractivity contribution in [2.45, 2.75) is 32.7 Å². The molecule has 0 unspecified atom stereocenters. The van der Waals surface area contributed by atoms with Crippen LogP contribution in [-0.4, -0.2) is 27.8 Å². The van der Waals surface area contributed by atoms with E-state index in [-0.39, 0.29) is 17.7 Å². The number of carbonyl (C=O) groups excluding carboxylic acids is 2. The van der Waals surface area contributed by atoms with Crippen molar-refractivity contribution in [2.75, 3.05) is 5.32 Å². The highest BCUT2D eigenvalue weighted by Crippen LogP contribution is 2.14. The number of aryl methyl sites for hydroxylation is 1. The van der Waals surface area contributed by atoms with Gasteiger partial charge in [0.2, 0.25) is 17.8 Å². The molecule has 2 amide bonds. The van der Waals surface area contributed by atoms with Crippen LogP contribution in [0.1, 0.15) is 25.8 Å². The van der Waals surface area contributed by atoms with Gasteiger partial charge in [0.05, 0.1) is 11.0 Å². The van der Waals surface area contributed by atoms with Crippen molar-refractivity contribution in [3.05, 3.63) is 60.2 Å². The summed E-state index contributed by atoms with van der Waals surface area (Å²) in [7, 11) is 0. The van der Waals surface area contributed by atoms with Gasteiger partial charge in [-0.2, -0.15) is 0 Å². The van der Waals surface area contributed by atoms with Crippen molar-refractivity contribution >= 4 is 28.8 Å². The summed E-state index contributed by atoms with van der Waals surface area (Å²) in [6.07, 6.45) is 0.980. The molecule has 1 heterocycles. The summed E-state index contributed by atoms with van der Waals surface area (Å²) in [4.78, 5) is 32.4. The summed E-state index contributed by atoms with van der Waals surface area (Å²) in [6, 6.07) is 16.7. The summed E-state index contributed by atoms with van der Waals surface area (Å²) in [5.74, 6) is -0.0881. The van der Waals surface area contributed by atoms with Gasteiger partial charge in [-0.25, -0.2) is 4.98 Å². The molecule has 0 saturated heterocycles. The Labute approximate surface area is 158 Å². The summed E-state index contributed by atoms with van der Waals surface area (Å²) < 4.78 is 0. The number of imidazole rings is 1. The average Bonchev–Trinajstić information content (AvgIpc) is 3.07. The number of nitrogens with one attached hydrogen (secondary N) is 3. The summed E-state index contributed by atoms with van der Waals surface area (Å²) >= 11 is 0. The molecule has 1 atom stereocenters. The third-order valence-corrected chi connectivity index (χ3v) is 4.38. The summed E-state index contributed by atoms with van der Waals surface area (Å²) in [5.41, 5.74) is 2.72. The summed E-state index contributed by atoms with van der Waals surface area (Å²) in [5, 5.41) is 5.62. The normalized spacial score (nSPS) is 12.1. The molecule has 0 saturated carbocycles. The Kier molecular flexibility index (Phi) is 5.86. The molecular formula is C21H24N4O2. The molecule has 3 rings (SSSR count). The number of hydrogen-bond donors (Lipinski definition) is 3. The SMILES string of the molecule is CC(C)[C@H](NC(=O)CCc1ccccc1)C(=O)Nc1nc2ccccc2[nH]1. The second kappa shape index (κ2) is 8.49. The molecule has 0 spiro atoms. The van der Waals surface area contributed by atoms with E-state index in [1.807, 2.05) is 68.4 Å². The smallest absolute Gasteiger partial charge is 0.249 e. The average molecular weight is 364 g/mol. The fourth-order valence-electron chi connectivity index (χ4n) is 2.89. The van der Waals surface area contributed by atoms with E-state index in [0.717, 1.165) is 16.6 Å². The van der Waals surface area contributed by atoms with Gasteiger partial charge in [-0.3, -0.25) is 14.9 Å². The fraction of sp³-hybridized carbons (Fsp3) is 0.286. The predicted octanol–water partition coefficient (Wildman–Crippen LogP) is 3.28. The number of aromatic nitrogens is 2. The molecule has 140 valence electrons. The van der Waals surface area contributed by atoms with Gasteiger partial charge in [0.1, 0.15) is 6.04 Å². The minimum Gasteiger partial charge on any atom is -0.344 e. The van der Waals surface area contributed by atoms with Gasteiger partial charge in [0.25, 0.3) is 0 Å². The number of aromatic amines is 1. The maximum atomic E-state index is 12.7. The number of amides is 2. The van der Waals surface area contributed by atoms with E-state index in [1.165, 1.54) is 0 Å². The van der Waals surface area contributed by atoms with Crippen molar-refractivity contribution in [1.82, 2.24) is 15.3 Å². The maximum absolute atomic E-state index is 12.7. The van der Waals surface area contributed by atoms with Crippen LogP contribution in [0.25, 0.3) is 11.0 Å². The number of para-hydroxylation sites is 2. The highest BCUT2D eigenvalue weighted by atomic mass is 16.2. The van der Waals surface area contributed by atoms with Crippen molar-refractivity contribution in [1.29, 1.82) is 0 Å². The third kappa shape index (κ3) is 4.94. The Balaban J connectivity index is 1.60. The molecule has 0 fully saturated rings. The van der Waals surface area contributed by atoms with Crippen LogP contribution in [0.4, 0.5) is 5.95 Å². The largest absolute Gasteiger partial charge is 0.344 e. The van der Waals surface area contributed by atoms with Crippen LogP contribution in [0.2, 0.25) is 0 Å². The molecule has 0 aliphatic carbocycles. The number of benzene rings is 2. The lowest BCUT2D eigenvalue weighted by molar-refractivity contribution is -0.127. The van der Waals surface area contributed by atoms with Gasteiger partial charge in [-0.1, -0.05) is 56.3 Å². The molecule has 0 bridgehead atoms. The van der Waals surface area contributed by atoms with Crippen LogP contribution in [0.3, 0.4) is 0 Å². The van der Waals surface area contributed by atoms with Gasteiger partial charge >= 0.3 is 0 Å². The Bertz CT molecular complexity index is 885. The first-order valence-electron chi connectivity index (χ1n) is 9.12. The van der Waals surface area contributed by atoms with Crippen LogP contribution < -0.4 is 10.6 Å². The maximum Gasteiger partial charge on any atom is 0.249 e. The number of H-pyrrole nitrogens is 1. The highest BCUT2D eigenvalue weighted by Gasteiger charge is 2.24. The molecule has 0 aliphatic heterocycles. The van der Waals surface area contributed by atoms with Gasteiger partial charge in [-0.05, 0) is 30.0 Å². The lowest BCUT2D eigenvalue weighted by Crippen LogP contribution is -2.47. The van der Waals surface area contributed by atoms with Crippen molar-refractivity contribution in [2.24, 2.45) is 5.92 Å². The van der Waals surface area contributed by atoms with Gasteiger partial charge < -0.3 is 10.3 Å². The number of rotatable bonds is 7. The van der Waals surface area contributed by atoms with E-state index < -0.39 is 6.04 Å². The quantitative estimate of drug-likeness (QED) is 0.601. The molecule has 2 aromatic carbocycles. The molecule has 27 heavy (non-hydrogen) atoms. The molecule has 3 aromatic rings. The van der Waals surface area contributed by atoms with E-state index >= 15 is 0 Å². The van der Waals surface area contributed by atoms with Crippen LogP contribution in [-0.2, 0) is 16.0 Å². The second-order valence-corrected chi connectivity index (χ2v) is 6.87. The molecular weight excluding hydrogens is 340 g/mol. The number of carbonyl (C=O) groups is 2. The predicted molar refractivity (Wildman–Crippen MR) is 106 cm³/mol. The Morgan fingerprint density at radius 3 is 2.44 bits per heavy atom. The third-order valence-electron chi connectivity index (χ3n) is 4.38. The number of hydrogen-bond acceptors (Lipinski definition) is 3. The standard InChI is InChI=1S/C21H24N4O2/c1-14(2)19(24-18(26)13-12-15-8-4-3-5-9-15)20(27)25-21-22-16-10-6-7-11-17(16)23-21/h3-11,14,19H,12-13H2,1-2H3,(H,24,26)(H2,22,23,25,27)/t19-/m0/s1. The van der Waals surface area contributed by atoms with E-state index in [2.05, 4.69) is 20.6 Å². The first-order chi connectivity index (χ1) is 13.0. The number of anilines is 1. The van der Waals surface area contributed by atoms with Crippen molar-refractivity contribution < 1.29 is 9.59 Å². The Morgan fingerprint density at radius 2 is 1.74 bits per heavy atom. The fourth-order valence-corrected chi connectivity index (χ4v) is 2.89. The number of nitrogens with zero attached hydrogens (tertiary/aromatic N) is 1. The zero-order chi connectivity index (χ0) is 19.2. The summed E-state index contributed by atoms with van der Waals surface area (Å²) in [6.45, 7) is 3.81. The minimum absolute atomic E-state index is 0.0462. The van der Waals surface area contributed by atoms with E-state index in [9.17, 15) is 9.59 Å². The van der Waals surface area contributed by atoms with E-state index in [4.69, 9.17) is 0 Å². The second-order valence-electron chi connectivity index (χ2n) is 6.87. The van der Waals surface area contributed by atoms with Crippen LogP contribution in [0.15, 0.2) is 54.6 Å². The number of fused-ring (bicyclic) bond motifs is 1. The van der Waals surface area contributed by atoms with Gasteiger partial charge in [-0.15, -0.1) is 0 Å². The van der Waals surface area contributed by atoms with E-state index in [0.29, 0.717) is 18.8 Å². The first-order valence-corrected chi connectivity index (χ1v) is 9.12. The van der Waals surface area contributed by atoms with Crippen LogP contribution in [0, 0.1) is 5.92 Å². The monoisotopic (exact) mass is 364 g/mol. The zero-order valence-corrected chi connectivity index (χ0v) is 15.5. The molecule has 3 N–H and O–H groups in total. The van der Waals surface area contributed by atoms with Gasteiger partial charge in [0.15, 0.2) is 0 Å². The first kappa shape index (κ1) is 18.6. The molecule has 0 aliphatic rings. The highest BCUT2D eigenvalue weighted by molar-refractivity contribution is 5.97. The van der Waals surface area contributed by atoms with Crippen molar-refractivity contribution in [3.8, 4) is 0 Å². The minimum atomic E-state index is -0.624. The Hall–Kier alpha value is -3.15. The lowest BCUT2D eigenvalue weighted by atomic mass is 10.0. The lowest BCUT2D eigenvalue weighted by Gasteiger charge is -2.21. The van der Waals surface area contributed by atoms with Crippen LogP contribution >= 0.6 is 0 Å². The molecule has 1 aromatic heterocycles. The Morgan fingerprint density at radius 1 is 1.04 bits per heavy atom.